The van der Waals surface area contributed by atoms with Gasteiger partial charge in [0.2, 0.25) is 0 Å². The van der Waals surface area contributed by atoms with Crippen molar-refractivity contribution in [1.29, 1.82) is 0 Å². The molecule has 0 atom stereocenters. The molecule has 0 amide bonds. The summed E-state index contributed by atoms with van der Waals surface area (Å²) in [6, 6.07) is 6.27. The van der Waals surface area contributed by atoms with Crippen molar-refractivity contribution in [2.75, 3.05) is 11.9 Å². The van der Waals surface area contributed by atoms with Gasteiger partial charge in [-0.05, 0) is 25.1 Å². The lowest BCUT2D eigenvalue weighted by molar-refractivity contribution is 1.09. The number of fused-ring (bicyclic) bond motifs is 2. The molecule has 0 aliphatic rings. The van der Waals surface area contributed by atoms with E-state index in [9.17, 15) is 0 Å². The Kier molecular flexibility index (Phi) is 2.60. The third-order valence-corrected chi connectivity index (χ3v) is 3.54. The maximum absolute atomic E-state index is 4.31. The third kappa shape index (κ3) is 1.84. The Balaban J connectivity index is 1.91. The average molecular weight is 278 g/mol. The fraction of sp³-hybridized carbons (Fsp3) is 0.133. The fourth-order valence-electron chi connectivity index (χ4n) is 2.56. The second-order valence-corrected chi connectivity index (χ2v) is 4.81. The normalized spacial score (nSPS) is 11.3. The van der Waals surface area contributed by atoms with Crippen molar-refractivity contribution in [1.82, 2.24) is 24.5 Å². The number of H-pyrrole nitrogens is 1. The highest BCUT2D eigenvalue weighted by molar-refractivity contribution is 5.94. The third-order valence-electron chi connectivity index (χ3n) is 3.54. The summed E-state index contributed by atoms with van der Waals surface area (Å²) in [4.78, 5) is 15.8. The van der Waals surface area contributed by atoms with Gasteiger partial charge in [0.15, 0.2) is 5.65 Å². The van der Waals surface area contributed by atoms with Gasteiger partial charge in [-0.3, -0.25) is 4.57 Å². The molecule has 0 fully saturated rings. The van der Waals surface area contributed by atoms with Crippen LogP contribution in [0, 0.1) is 0 Å². The van der Waals surface area contributed by atoms with Gasteiger partial charge in [-0.2, -0.15) is 0 Å². The van der Waals surface area contributed by atoms with Crippen LogP contribution < -0.4 is 5.32 Å². The van der Waals surface area contributed by atoms with E-state index < -0.39 is 0 Å². The lowest BCUT2D eigenvalue weighted by Crippen LogP contribution is -1.96. The fourth-order valence-corrected chi connectivity index (χ4v) is 2.56. The molecule has 3 aromatic heterocycles. The number of nitrogens with one attached hydrogen (secondary N) is 2. The van der Waals surface area contributed by atoms with Crippen molar-refractivity contribution < 1.29 is 0 Å². The molecule has 0 saturated carbocycles. The van der Waals surface area contributed by atoms with E-state index in [2.05, 4.69) is 50.4 Å². The van der Waals surface area contributed by atoms with E-state index in [1.54, 1.807) is 12.5 Å². The van der Waals surface area contributed by atoms with E-state index >= 15 is 0 Å². The summed E-state index contributed by atoms with van der Waals surface area (Å²) in [5, 5.41) is 4.52. The predicted molar refractivity (Wildman–Crippen MR) is 82.7 cm³/mol. The number of benzene rings is 1. The Morgan fingerprint density at radius 2 is 2.24 bits per heavy atom. The first kappa shape index (κ1) is 11.9. The van der Waals surface area contributed by atoms with E-state index in [4.69, 9.17) is 0 Å². The van der Waals surface area contributed by atoms with Crippen LogP contribution in [0.4, 0.5) is 5.69 Å². The molecule has 0 radical (unpaired) electrons. The van der Waals surface area contributed by atoms with Crippen LogP contribution in [-0.2, 0) is 0 Å². The number of aromatic amines is 1. The number of hydrogen-bond donors (Lipinski definition) is 2. The van der Waals surface area contributed by atoms with Gasteiger partial charge in [0.25, 0.3) is 0 Å². The molecule has 21 heavy (non-hydrogen) atoms. The van der Waals surface area contributed by atoms with Gasteiger partial charge in [0, 0.05) is 29.3 Å². The molecule has 0 bridgehead atoms. The Morgan fingerprint density at radius 1 is 1.29 bits per heavy atom. The van der Waals surface area contributed by atoms with Crippen molar-refractivity contribution in [3.63, 3.8) is 0 Å². The maximum atomic E-state index is 4.31. The van der Waals surface area contributed by atoms with Gasteiger partial charge in [0.05, 0.1) is 11.9 Å². The van der Waals surface area contributed by atoms with E-state index in [1.165, 1.54) is 6.33 Å². The Morgan fingerprint density at radius 3 is 3.14 bits per heavy atom. The smallest absolute Gasteiger partial charge is 0.181 e. The molecule has 2 N–H and O–H groups in total. The highest BCUT2D eigenvalue weighted by Crippen LogP contribution is 2.26. The molecule has 0 aliphatic carbocycles. The summed E-state index contributed by atoms with van der Waals surface area (Å²) in [5.41, 5.74) is 4.85. The minimum atomic E-state index is 0.700. The van der Waals surface area contributed by atoms with Crippen LogP contribution in [0.3, 0.4) is 0 Å². The number of rotatable bonds is 3. The number of nitrogens with zero attached hydrogens (tertiary/aromatic N) is 4. The van der Waals surface area contributed by atoms with Crippen molar-refractivity contribution in [2.45, 2.75) is 6.92 Å². The molecular weight excluding hydrogens is 264 g/mol. The van der Waals surface area contributed by atoms with Crippen LogP contribution in [0.2, 0.25) is 0 Å². The zero-order valence-electron chi connectivity index (χ0n) is 11.5. The molecule has 6 heteroatoms. The van der Waals surface area contributed by atoms with Crippen molar-refractivity contribution in [3.8, 4) is 5.69 Å². The first-order valence-corrected chi connectivity index (χ1v) is 6.85. The molecule has 6 nitrogen and oxygen atoms in total. The van der Waals surface area contributed by atoms with E-state index in [0.29, 0.717) is 5.65 Å². The topological polar surface area (TPSA) is 71.4 Å². The molecule has 0 aliphatic heterocycles. The summed E-state index contributed by atoms with van der Waals surface area (Å²) >= 11 is 0. The predicted octanol–water partition coefficient (Wildman–Crippen LogP) is 2.73. The maximum Gasteiger partial charge on any atom is 0.181 e. The lowest BCUT2D eigenvalue weighted by atomic mass is 10.2. The molecular formula is C15H14N6. The quantitative estimate of drug-likeness (QED) is 0.604. The first-order valence-electron chi connectivity index (χ1n) is 6.85. The van der Waals surface area contributed by atoms with E-state index in [0.717, 1.165) is 34.3 Å². The minimum absolute atomic E-state index is 0.700. The van der Waals surface area contributed by atoms with Crippen LogP contribution in [0.1, 0.15) is 6.92 Å². The van der Waals surface area contributed by atoms with E-state index in [-0.39, 0.29) is 0 Å². The molecule has 1 aromatic carbocycles. The summed E-state index contributed by atoms with van der Waals surface area (Å²) in [6.45, 7) is 2.97. The van der Waals surface area contributed by atoms with E-state index in [1.807, 2.05) is 10.8 Å². The zero-order chi connectivity index (χ0) is 14.2. The summed E-state index contributed by atoms with van der Waals surface area (Å²) < 4.78 is 2.00. The van der Waals surface area contributed by atoms with Gasteiger partial charge in [-0.1, -0.05) is 0 Å². The Labute approximate surface area is 120 Å². The number of hydrogen-bond acceptors (Lipinski definition) is 4. The molecule has 104 valence electrons. The van der Waals surface area contributed by atoms with Crippen molar-refractivity contribution in [3.05, 3.63) is 43.2 Å². The zero-order valence-corrected chi connectivity index (χ0v) is 11.5. The number of aromatic nitrogens is 5. The highest BCUT2D eigenvalue weighted by atomic mass is 15.1. The van der Waals surface area contributed by atoms with Crippen molar-refractivity contribution in [2.24, 2.45) is 0 Å². The minimum Gasteiger partial charge on any atom is -0.384 e. The average Bonchev–Trinajstić information content (AvgIpc) is 3.11. The van der Waals surface area contributed by atoms with Gasteiger partial charge >= 0.3 is 0 Å². The van der Waals surface area contributed by atoms with Crippen LogP contribution >= 0.6 is 0 Å². The lowest BCUT2D eigenvalue weighted by Gasteiger charge is -2.05. The standard InChI is InChI=1S/C15H14N6/c1-2-17-13-6-18-12-4-3-10(5-11(12)13)21-9-20-15-14(21)7-16-8-19-15/h3-9,17-18H,2H2,1H3. The number of anilines is 1. The molecule has 3 heterocycles. The Hall–Kier alpha value is -2.89. The van der Waals surface area contributed by atoms with Gasteiger partial charge in [0.1, 0.15) is 18.2 Å². The van der Waals surface area contributed by atoms with Gasteiger partial charge in [-0.25, -0.2) is 15.0 Å². The summed E-state index contributed by atoms with van der Waals surface area (Å²) in [7, 11) is 0. The number of imidazole rings is 1. The van der Waals surface area contributed by atoms with Gasteiger partial charge in [-0.15, -0.1) is 0 Å². The van der Waals surface area contributed by atoms with Crippen LogP contribution in [-0.4, -0.2) is 31.0 Å². The highest BCUT2D eigenvalue weighted by Gasteiger charge is 2.08. The summed E-state index contributed by atoms with van der Waals surface area (Å²) in [5.74, 6) is 0. The monoisotopic (exact) mass is 278 g/mol. The van der Waals surface area contributed by atoms with Crippen molar-refractivity contribution >= 4 is 27.8 Å². The summed E-state index contributed by atoms with van der Waals surface area (Å²) in [6.07, 6.45) is 7.06. The first-order chi connectivity index (χ1) is 10.4. The second-order valence-electron chi connectivity index (χ2n) is 4.81. The molecule has 0 unspecified atom stereocenters. The van der Waals surface area contributed by atoms with Crippen LogP contribution in [0.25, 0.3) is 27.8 Å². The molecule has 4 aromatic rings. The Bertz CT molecular complexity index is 920. The largest absolute Gasteiger partial charge is 0.384 e. The molecule has 4 rings (SSSR count). The van der Waals surface area contributed by atoms with Crippen LogP contribution in [0.15, 0.2) is 43.2 Å². The molecule has 0 saturated heterocycles. The molecule has 0 spiro atoms. The van der Waals surface area contributed by atoms with Crippen LogP contribution in [0.5, 0.6) is 0 Å². The SMILES string of the molecule is CCNc1c[nH]c2ccc(-n3cnc4ncncc43)cc12. The second kappa shape index (κ2) is 4.59. The van der Waals surface area contributed by atoms with Gasteiger partial charge < -0.3 is 10.3 Å².